The molecule has 0 aromatic carbocycles. The minimum absolute atomic E-state index is 0.0917. The zero-order chi connectivity index (χ0) is 17.1. The van der Waals surface area contributed by atoms with Gasteiger partial charge in [-0.05, 0) is 19.1 Å². The van der Waals surface area contributed by atoms with Gasteiger partial charge in [-0.3, -0.25) is 14.6 Å². The van der Waals surface area contributed by atoms with Crippen LogP contribution in [-0.2, 0) is 14.4 Å². The smallest absolute Gasteiger partial charge is 0.332 e. The molecule has 1 heterocycles. The summed E-state index contributed by atoms with van der Waals surface area (Å²) in [4.78, 5) is 39.2. The number of carbonyl (C=O) groups is 3. The Hall–Kier alpha value is -1.58. The number of carboxylic acids is 2. The van der Waals surface area contributed by atoms with Gasteiger partial charge in [-0.25, -0.2) is 4.79 Å². The van der Waals surface area contributed by atoms with E-state index in [1.54, 1.807) is 12.1 Å². The Morgan fingerprint density at radius 3 is 2.27 bits per heavy atom. The minimum Gasteiger partial charge on any atom is -0.481 e. The maximum Gasteiger partial charge on any atom is 0.332 e. The van der Waals surface area contributed by atoms with Crippen molar-refractivity contribution >= 4 is 43.0 Å². The van der Waals surface area contributed by atoms with E-state index in [1.165, 1.54) is 19.2 Å². The Kier molecular flexibility index (Phi) is 5.60. The van der Waals surface area contributed by atoms with E-state index >= 15 is 0 Å². The van der Waals surface area contributed by atoms with E-state index in [1.807, 2.05) is 0 Å². The molecule has 0 spiro atoms. The Labute approximate surface area is 137 Å². The number of carbonyl (C=O) groups excluding carboxylic acids is 1. The first kappa shape index (κ1) is 18.5. The number of Topliss-reactive ketones (excluding diaryl/α,β-unsaturated/α-hetero) is 1. The molecule has 120 valence electrons. The molecule has 0 aliphatic heterocycles. The molecule has 0 aliphatic rings. The summed E-state index contributed by atoms with van der Waals surface area (Å²) in [7, 11) is 0. The fourth-order valence-electron chi connectivity index (χ4n) is 2.05. The van der Waals surface area contributed by atoms with Gasteiger partial charge in [0, 0.05) is 17.8 Å². The topological polar surface area (TPSA) is 131 Å². The van der Waals surface area contributed by atoms with Crippen molar-refractivity contribution in [3.8, 4) is 0 Å². The van der Waals surface area contributed by atoms with Crippen molar-refractivity contribution in [1.29, 1.82) is 0 Å². The third-order valence-corrected chi connectivity index (χ3v) is 3.54. The fraction of sp³-hybridized carbons (Fsp3) is 0.385. The quantitative estimate of drug-likeness (QED) is 0.278. The monoisotopic (exact) mass is 344 g/mol. The molecule has 2 atom stereocenters. The number of hydrogen-bond acceptors (Lipinski definition) is 7. The molecule has 7 nitrogen and oxygen atoms in total. The van der Waals surface area contributed by atoms with Gasteiger partial charge in [0.25, 0.3) is 0 Å². The van der Waals surface area contributed by atoms with Gasteiger partial charge in [0.2, 0.25) is 0 Å². The van der Waals surface area contributed by atoms with E-state index in [0.717, 1.165) is 0 Å². The zero-order valence-corrected chi connectivity index (χ0v) is 13.4. The van der Waals surface area contributed by atoms with E-state index in [0.29, 0.717) is 0 Å². The molecule has 0 fully saturated rings. The summed E-state index contributed by atoms with van der Waals surface area (Å²) >= 11 is 7.88. The van der Waals surface area contributed by atoms with Crippen molar-refractivity contribution in [2.75, 3.05) is 0 Å². The number of ketones is 1. The maximum absolute atomic E-state index is 12.4. The van der Waals surface area contributed by atoms with Gasteiger partial charge < -0.3 is 15.9 Å². The summed E-state index contributed by atoms with van der Waals surface area (Å²) in [5.41, 5.74) is 3.41. The highest BCUT2D eigenvalue weighted by atomic mass is 32.2. The van der Waals surface area contributed by atoms with Crippen LogP contribution < -0.4 is 5.73 Å². The number of nitrogens with zero attached hydrogens (tertiary/aromatic N) is 1. The summed E-state index contributed by atoms with van der Waals surface area (Å²) in [6.07, 6.45) is 0.681. The lowest BCUT2D eigenvalue weighted by Crippen LogP contribution is -2.63. The highest BCUT2D eigenvalue weighted by Crippen LogP contribution is 2.36. The van der Waals surface area contributed by atoms with E-state index in [9.17, 15) is 19.5 Å². The normalized spacial score (nSPS) is 15.6. The molecule has 9 heteroatoms. The van der Waals surface area contributed by atoms with Crippen LogP contribution in [0, 0.1) is 0 Å². The highest BCUT2D eigenvalue weighted by molar-refractivity contribution is 8.02. The summed E-state index contributed by atoms with van der Waals surface area (Å²) in [6.45, 7) is 1.27. The lowest BCUT2D eigenvalue weighted by molar-refractivity contribution is -0.150. The van der Waals surface area contributed by atoms with Crippen LogP contribution in [0.5, 0.6) is 0 Å². The molecular weight excluding hydrogens is 328 g/mol. The van der Waals surface area contributed by atoms with Gasteiger partial charge >= 0.3 is 11.9 Å². The Balaban J connectivity index is 3.49. The lowest BCUT2D eigenvalue weighted by atomic mass is 9.76. The minimum atomic E-state index is -2.52. The van der Waals surface area contributed by atoms with E-state index < -0.39 is 39.7 Å². The van der Waals surface area contributed by atoms with Crippen LogP contribution in [0.1, 0.15) is 25.0 Å². The Bertz CT molecular complexity index is 588. The van der Waals surface area contributed by atoms with Crippen LogP contribution in [0.15, 0.2) is 24.4 Å². The number of pyridine rings is 1. The van der Waals surface area contributed by atoms with Gasteiger partial charge in [0.15, 0.2) is 11.3 Å². The van der Waals surface area contributed by atoms with Crippen LogP contribution in [0.25, 0.3) is 0 Å². The molecule has 4 N–H and O–H groups in total. The highest BCUT2D eigenvalue weighted by Gasteiger charge is 2.55. The SMILES string of the molecule is CC(S)(S)C(=O)C(N)(C(=O)O)C(CC(=O)O)c1ccccn1. The van der Waals surface area contributed by atoms with Crippen molar-refractivity contribution in [1.82, 2.24) is 4.98 Å². The van der Waals surface area contributed by atoms with Gasteiger partial charge in [0.05, 0.1) is 6.42 Å². The molecule has 1 aromatic heterocycles. The Morgan fingerprint density at radius 2 is 1.91 bits per heavy atom. The number of aliphatic carboxylic acids is 2. The molecule has 0 bridgehead atoms. The van der Waals surface area contributed by atoms with Crippen molar-refractivity contribution in [3.63, 3.8) is 0 Å². The predicted molar refractivity (Wildman–Crippen MR) is 85.2 cm³/mol. The van der Waals surface area contributed by atoms with Gasteiger partial charge in [-0.2, -0.15) is 25.3 Å². The van der Waals surface area contributed by atoms with Gasteiger partial charge in [0.1, 0.15) is 4.08 Å². The third-order valence-electron chi connectivity index (χ3n) is 3.13. The summed E-state index contributed by atoms with van der Waals surface area (Å²) in [6, 6.07) is 4.54. The number of thiol groups is 2. The number of aromatic nitrogens is 1. The third kappa shape index (κ3) is 3.79. The van der Waals surface area contributed by atoms with E-state index in [-0.39, 0.29) is 5.69 Å². The van der Waals surface area contributed by atoms with Crippen molar-refractivity contribution in [2.45, 2.75) is 28.9 Å². The van der Waals surface area contributed by atoms with Crippen LogP contribution in [0.4, 0.5) is 0 Å². The van der Waals surface area contributed by atoms with Crippen LogP contribution >= 0.6 is 25.3 Å². The number of carboxylic acid groups (broad SMARTS) is 2. The second-order valence-corrected chi connectivity index (χ2v) is 7.07. The number of hydrogen-bond donors (Lipinski definition) is 5. The molecule has 0 amide bonds. The molecule has 0 aliphatic carbocycles. The lowest BCUT2D eigenvalue weighted by Gasteiger charge is -2.34. The first-order chi connectivity index (χ1) is 10.0. The summed E-state index contributed by atoms with van der Waals surface area (Å²) < 4.78 is -1.65. The molecule has 2 unspecified atom stereocenters. The second kappa shape index (κ2) is 6.67. The summed E-state index contributed by atoms with van der Waals surface area (Å²) in [5, 5.41) is 18.5. The van der Waals surface area contributed by atoms with Gasteiger partial charge in [-0.1, -0.05) is 6.07 Å². The molecule has 0 radical (unpaired) electrons. The number of rotatable bonds is 7. The van der Waals surface area contributed by atoms with E-state index in [4.69, 9.17) is 10.8 Å². The average Bonchev–Trinajstić information content (AvgIpc) is 2.42. The van der Waals surface area contributed by atoms with Crippen molar-refractivity contribution in [2.24, 2.45) is 5.73 Å². The maximum atomic E-state index is 12.4. The molecule has 22 heavy (non-hydrogen) atoms. The second-order valence-electron chi connectivity index (χ2n) is 4.93. The zero-order valence-electron chi connectivity index (χ0n) is 11.6. The molecule has 0 saturated heterocycles. The summed E-state index contributed by atoms with van der Waals surface area (Å²) in [5.74, 6) is -5.35. The van der Waals surface area contributed by atoms with Crippen LogP contribution in [-0.4, -0.2) is 42.5 Å². The van der Waals surface area contributed by atoms with Crippen LogP contribution in [0.3, 0.4) is 0 Å². The Morgan fingerprint density at radius 1 is 1.32 bits per heavy atom. The van der Waals surface area contributed by atoms with Crippen LogP contribution in [0.2, 0.25) is 0 Å². The first-order valence-electron chi connectivity index (χ1n) is 6.16. The molecule has 1 aromatic rings. The van der Waals surface area contributed by atoms with Crippen molar-refractivity contribution < 1.29 is 24.6 Å². The average molecular weight is 344 g/mol. The predicted octanol–water partition coefficient (Wildman–Crippen LogP) is 0.567. The first-order valence-corrected chi connectivity index (χ1v) is 7.05. The fourth-order valence-corrected chi connectivity index (χ4v) is 2.42. The molecular formula is C13H16N2O5S2. The standard InChI is InChI=1S/C13H16N2O5S2/c1-12(21,22)10(18)13(14,11(19)20)7(6-9(16)17)8-4-2-3-5-15-8/h2-5,7,21-22H,6,14H2,1H3,(H,16,17)(H,19,20). The van der Waals surface area contributed by atoms with Gasteiger partial charge in [-0.15, -0.1) is 0 Å². The largest absolute Gasteiger partial charge is 0.481 e. The molecule has 0 saturated carbocycles. The van der Waals surface area contributed by atoms with E-state index in [2.05, 4.69) is 30.2 Å². The number of nitrogens with two attached hydrogens (primary N) is 1. The van der Waals surface area contributed by atoms with Crippen molar-refractivity contribution in [3.05, 3.63) is 30.1 Å². The molecule has 1 rings (SSSR count).